The van der Waals surface area contributed by atoms with Gasteiger partial charge >= 0.3 is 13.8 Å². The maximum Gasteiger partial charge on any atom is 0.472 e. The third-order valence-corrected chi connectivity index (χ3v) is 9.95. The zero-order valence-corrected chi connectivity index (χ0v) is 33.2. The van der Waals surface area contributed by atoms with Crippen LogP contribution < -0.4 is 0 Å². The van der Waals surface area contributed by atoms with Gasteiger partial charge in [0, 0.05) is 13.0 Å². The number of unbranched alkanes of at least 4 members (excludes halogenated alkanes) is 12. The van der Waals surface area contributed by atoms with Crippen LogP contribution in [0.25, 0.3) is 0 Å². The lowest BCUT2D eigenvalue weighted by Crippen LogP contribution is -2.64. The van der Waals surface area contributed by atoms with Gasteiger partial charge in [0.15, 0.2) is 0 Å². The van der Waals surface area contributed by atoms with Crippen molar-refractivity contribution in [3.8, 4) is 0 Å². The number of hydrogen-bond acceptors (Lipinski definition) is 11. The summed E-state index contributed by atoms with van der Waals surface area (Å²) in [5, 5.41) is 50.0. The Balaban J connectivity index is 2.48. The summed E-state index contributed by atoms with van der Waals surface area (Å²) in [6.07, 6.45) is 23.4. The molecule has 0 aromatic heterocycles. The SMILES string of the molecule is CC/C=C\C/C=C\C/C=C\C/C=C\CCCCCOCC(COP(=O)(O)OC1C(O)C(O)C(O)C(O)C1O)OC(=O)CCCCCCCCCCCC. The van der Waals surface area contributed by atoms with Crippen molar-refractivity contribution >= 4 is 13.8 Å². The molecule has 0 aromatic carbocycles. The van der Waals surface area contributed by atoms with Gasteiger partial charge in [0.25, 0.3) is 0 Å². The van der Waals surface area contributed by atoms with E-state index in [1.807, 2.05) is 0 Å². The Hall–Kier alpha value is -1.70. The van der Waals surface area contributed by atoms with Gasteiger partial charge in [-0.05, 0) is 51.4 Å². The number of ether oxygens (including phenoxy) is 2. The molecule has 0 radical (unpaired) electrons. The number of phosphoric ester groups is 1. The maximum absolute atomic E-state index is 12.7. The normalized spacial score (nSPS) is 24.2. The van der Waals surface area contributed by atoms with Gasteiger partial charge in [0.1, 0.15) is 42.7 Å². The van der Waals surface area contributed by atoms with Crippen molar-refractivity contribution in [3.05, 3.63) is 48.6 Å². The highest BCUT2D eigenvalue weighted by Crippen LogP contribution is 2.47. The van der Waals surface area contributed by atoms with Crippen LogP contribution in [0.2, 0.25) is 0 Å². The summed E-state index contributed by atoms with van der Waals surface area (Å²) in [6, 6.07) is 0. The van der Waals surface area contributed by atoms with Crippen LogP contribution in [0.3, 0.4) is 0 Å². The lowest BCUT2D eigenvalue weighted by Gasteiger charge is -2.41. The predicted molar refractivity (Wildman–Crippen MR) is 207 cm³/mol. The second-order valence-electron chi connectivity index (χ2n) is 13.8. The smallest absolute Gasteiger partial charge is 0.457 e. The Labute approximate surface area is 318 Å². The average Bonchev–Trinajstić information content (AvgIpc) is 3.14. The number of aliphatic hydroxyl groups is 5. The van der Waals surface area contributed by atoms with Crippen molar-refractivity contribution in [1.29, 1.82) is 0 Å². The van der Waals surface area contributed by atoms with E-state index in [2.05, 4.69) is 62.5 Å². The monoisotopic (exact) mass is 774 g/mol. The van der Waals surface area contributed by atoms with Crippen molar-refractivity contribution in [3.63, 3.8) is 0 Å². The van der Waals surface area contributed by atoms with Crippen molar-refractivity contribution in [1.82, 2.24) is 0 Å². The third-order valence-electron chi connectivity index (χ3n) is 8.97. The van der Waals surface area contributed by atoms with Crippen molar-refractivity contribution in [2.24, 2.45) is 0 Å². The van der Waals surface area contributed by atoms with E-state index >= 15 is 0 Å². The summed E-state index contributed by atoms with van der Waals surface area (Å²) in [5.74, 6) is -0.494. The van der Waals surface area contributed by atoms with Crippen LogP contribution in [0.5, 0.6) is 0 Å². The zero-order chi connectivity index (χ0) is 39.2. The second kappa shape index (κ2) is 31.5. The zero-order valence-electron chi connectivity index (χ0n) is 32.3. The molecule has 6 atom stereocenters. The van der Waals surface area contributed by atoms with Crippen LogP contribution >= 0.6 is 7.82 Å². The van der Waals surface area contributed by atoms with Crippen LogP contribution in [0.1, 0.15) is 136 Å². The van der Waals surface area contributed by atoms with E-state index in [9.17, 15) is 39.8 Å². The number of phosphoric acid groups is 1. The molecule has 1 aliphatic rings. The Kier molecular flexibility index (Phi) is 29.3. The summed E-state index contributed by atoms with van der Waals surface area (Å²) in [4.78, 5) is 23.0. The summed E-state index contributed by atoms with van der Waals surface area (Å²) in [5.41, 5.74) is 0. The van der Waals surface area contributed by atoms with Crippen LogP contribution in [0, 0.1) is 0 Å². The molecule has 0 amide bonds. The van der Waals surface area contributed by atoms with E-state index < -0.39 is 63.1 Å². The molecular weight excluding hydrogens is 703 g/mol. The molecule has 53 heavy (non-hydrogen) atoms. The molecule has 0 spiro atoms. The van der Waals surface area contributed by atoms with E-state index in [0.29, 0.717) is 13.0 Å². The fraction of sp³-hybridized carbons (Fsp3) is 0.775. The molecule has 6 N–H and O–H groups in total. The predicted octanol–water partition coefficient (Wildman–Crippen LogP) is 6.91. The van der Waals surface area contributed by atoms with Crippen LogP contribution in [0.15, 0.2) is 48.6 Å². The molecule has 1 saturated carbocycles. The Bertz CT molecular complexity index is 1060. The fourth-order valence-electron chi connectivity index (χ4n) is 5.76. The van der Waals surface area contributed by atoms with Gasteiger partial charge in [-0.2, -0.15) is 0 Å². The Morgan fingerprint density at radius 1 is 0.623 bits per heavy atom. The van der Waals surface area contributed by atoms with E-state index in [1.165, 1.54) is 38.5 Å². The lowest BCUT2D eigenvalue weighted by atomic mass is 9.85. The number of allylic oxidation sites excluding steroid dienone is 8. The number of rotatable bonds is 32. The van der Waals surface area contributed by atoms with Gasteiger partial charge in [0.2, 0.25) is 0 Å². The molecule has 12 nitrogen and oxygen atoms in total. The first-order valence-corrected chi connectivity index (χ1v) is 21.5. The van der Waals surface area contributed by atoms with E-state index in [1.54, 1.807) is 0 Å². The molecule has 0 saturated heterocycles. The molecule has 1 rings (SSSR count). The van der Waals surface area contributed by atoms with E-state index in [0.717, 1.165) is 70.6 Å². The first-order valence-electron chi connectivity index (χ1n) is 20.0. The minimum absolute atomic E-state index is 0.0983. The molecule has 13 heteroatoms. The highest BCUT2D eigenvalue weighted by molar-refractivity contribution is 7.47. The fourth-order valence-corrected chi connectivity index (χ4v) is 6.73. The van der Waals surface area contributed by atoms with Gasteiger partial charge in [-0.25, -0.2) is 4.57 Å². The Morgan fingerprint density at radius 3 is 1.68 bits per heavy atom. The first-order chi connectivity index (χ1) is 25.5. The number of aliphatic hydroxyl groups excluding tert-OH is 5. The van der Waals surface area contributed by atoms with Crippen LogP contribution in [-0.2, 0) is 27.9 Å². The van der Waals surface area contributed by atoms with Gasteiger partial charge < -0.3 is 39.9 Å². The van der Waals surface area contributed by atoms with E-state index in [4.69, 9.17) is 18.5 Å². The van der Waals surface area contributed by atoms with Crippen LogP contribution in [-0.4, -0.2) is 98.9 Å². The quantitative estimate of drug-likeness (QED) is 0.0179. The highest BCUT2D eigenvalue weighted by atomic mass is 31.2. The highest BCUT2D eigenvalue weighted by Gasteiger charge is 2.51. The topological polar surface area (TPSA) is 192 Å². The Morgan fingerprint density at radius 2 is 1.11 bits per heavy atom. The number of carbonyl (C=O) groups excluding carboxylic acids is 1. The minimum Gasteiger partial charge on any atom is -0.457 e. The number of carbonyl (C=O) groups is 1. The molecule has 0 heterocycles. The van der Waals surface area contributed by atoms with Crippen molar-refractivity contribution < 1.29 is 58.3 Å². The molecule has 1 fully saturated rings. The van der Waals surface area contributed by atoms with Crippen LogP contribution in [0.4, 0.5) is 0 Å². The lowest BCUT2D eigenvalue weighted by molar-refractivity contribution is -0.220. The molecule has 0 aliphatic heterocycles. The summed E-state index contributed by atoms with van der Waals surface area (Å²) in [6.45, 7) is 4.02. The average molecular weight is 775 g/mol. The summed E-state index contributed by atoms with van der Waals surface area (Å²) >= 11 is 0. The summed E-state index contributed by atoms with van der Waals surface area (Å²) in [7, 11) is -5.02. The molecule has 0 aromatic rings. The van der Waals surface area contributed by atoms with Gasteiger partial charge in [0.05, 0.1) is 13.2 Å². The number of hydrogen-bond donors (Lipinski definition) is 6. The van der Waals surface area contributed by atoms with E-state index in [-0.39, 0.29) is 13.0 Å². The molecule has 1 aliphatic carbocycles. The molecule has 6 unspecified atom stereocenters. The van der Waals surface area contributed by atoms with Gasteiger partial charge in [-0.3, -0.25) is 13.8 Å². The van der Waals surface area contributed by atoms with Crippen molar-refractivity contribution in [2.75, 3.05) is 19.8 Å². The number of esters is 1. The minimum atomic E-state index is -5.02. The first kappa shape index (κ1) is 49.3. The second-order valence-corrected chi connectivity index (χ2v) is 15.2. The summed E-state index contributed by atoms with van der Waals surface area (Å²) < 4.78 is 33.9. The maximum atomic E-state index is 12.7. The standard InChI is InChI=1S/C40H71O12P/c1-3-5-7-9-11-13-15-16-17-18-19-20-22-24-26-28-30-49-31-33(51-34(41)29-27-25-23-21-14-12-10-8-6-4-2)32-50-53(47,48)52-40-38(45)36(43)35(42)37(44)39(40)46/h5,7,11,13,16-17,19-20,33,35-40,42-46H,3-4,6,8-10,12,14-15,18,21-32H2,1-2H3,(H,47,48)/b7-5-,13-11-,17-16-,20-19-. The molecule has 308 valence electrons. The van der Waals surface area contributed by atoms with Crippen molar-refractivity contribution in [2.45, 2.75) is 179 Å². The largest absolute Gasteiger partial charge is 0.472 e. The molecular formula is C40H71O12P. The van der Waals surface area contributed by atoms with Gasteiger partial charge in [-0.1, -0.05) is 127 Å². The molecule has 0 bridgehead atoms. The third kappa shape index (κ3) is 24.4. The van der Waals surface area contributed by atoms with Gasteiger partial charge in [-0.15, -0.1) is 0 Å².